The molecule has 0 bridgehead atoms. The summed E-state index contributed by atoms with van der Waals surface area (Å²) in [5, 5.41) is 32.2. The number of phenols is 1. The molecule has 2 aromatic rings. The molecule has 5 rings (SSSR count). The molecule has 2 saturated heterocycles. The fourth-order valence-electron chi connectivity index (χ4n) is 6.56. The summed E-state index contributed by atoms with van der Waals surface area (Å²) < 4.78 is 6.06. The van der Waals surface area contributed by atoms with Crippen molar-refractivity contribution in [2.75, 3.05) is 4.90 Å². The van der Waals surface area contributed by atoms with Crippen LogP contribution in [0, 0.1) is 33.8 Å². The summed E-state index contributed by atoms with van der Waals surface area (Å²) in [4.78, 5) is 39.4. The van der Waals surface area contributed by atoms with Crippen molar-refractivity contribution in [2.45, 2.75) is 52.5 Å². The van der Waals surface area contributed by atoms with Crippen LogP contribution >= 0.6 is 0 Å². The van der Waals surface area contributed by atoms with E-state index in [9.17, 15) is 29.8 Å². The molecule has 2 heterocycles. The van der Waals surface area contributed by atoms with Crippen molar-refractivity contribution >= 4 is 36.4 Å². The van der Waals surface area contributed by atoms with E-state index in [1.165, 1.54) is 18.2 Å². The number of benzene rings is 2. The van der Waals surface area contributed by atoms with Gasteiger partial charge < -0.3 is 14.8 Å². The predicted molar refractivity (Wildman–Crippen MR) is 151 cm³/mol. The van der Waals surface area contributed by atoms with Gasteiger partial charge in [0.15, 0.2) is 0 Å². The third-order valence-electron chi connectivity index (χ3n) is 8.38. The number of phenolic OH excluding ortho intramolecular Hbond substituents is 1. The number of hydrogen-bond donors (Lipinski definition) is 2. The van der Waals surface area contributed by atoms with Gasteiger partial charge in [-0.2, -0.15) is 0 Å². The second kappa shape index (κ2) is 11.0. The minimum atomic E-state index is -1.08. The number of fused-ring (bicyclic) bond motifs is 3. The van der Waals surface area contributed by atoms with Crippen molar-refractivity contribution in [3.8, 4) is 5.75 Å². The first-order chi connectivity index (χ1) is 19.1. The number of non-ortho nitro benzene ring substituents is 1. The Morgan fingerprint density at radius 2 is 1.93 bits per heavy atom. The number of rotatable bonds is 7. The second-order valence-electron chi connectivity index (χ2n) is 11.3. The number of para-hydroxylation sites is 1. The van der Waals surface area contributed by atoms with E-state index in [1.54, 1.807) is 18.2 Å². The van der Waals surface area contributed by atoms with Crippen molar-refractivity contribution in [3.05, 3.63) is 80.9 Å². The number of nitro benzene ring substituents is 1. The molecule has 40 heavy (non-hydrogen) atoms. The number of imide groups is 1. The van der Waals surface area contributed by atoms with E-state index in [0.717, 1.165) is 27.2 Å². The van der Waals surface area contributed by atoms with Crippen LogP contribution in [0.3, 0.4) is 0 Å². The highest BCUT2D eigenvalue weighted by molar-refractivity contribution is 6.43. The summed E-state index contributed by atoms with van der Waals surface area (Å²) >= 11 is 0. The van der Waals surface area contributed by atoms with Gasteiger partial charge in [-0.25, -0.2) is 4.90 Å². The Morgan fingerprint density at radius 1 is 1.18 bits per heavy atom. The first kappa shape index (κ1) is 27.8. The van der Waals surface area contributed by atoms with Gasteiger partial charge >= 0.3 is 7.12 Å². The topological polar surface area (TPSA) is 130 Å². The highest BCUT2D eigenvalue weighted by Crippen LogP contribution is 2.52. The molecular weight excluding hydrogens is 511 g/mol. The summed E-state index contributed by atoms with van der Waals surface area (Å²) in [7, 11) is -1.08. The van der Waals surface area contributed by atoms with E-state index in [0.29, 0.717) is 19.3 Å². The lowest BCUT2D eigenvalue weighted by Gasteiger charge is -2.44. The summed E-state index contributed by atoms with van der Waals surface area (Å²) in [6.45, 7) is 6.10. The SMILES string of the molecule is C/C(=C\c1ccccc1O)CC[C@H]1OB(O)C[C@H]2C1=C(C(C)C)C[C@H]1C(=O)N(c3cccc([N+](=O)[O-])c3)C(=O)[C@H]12. The number of anilines is 1. The highest BCUT2D eigenvalue weighted by atomic mass is 16.6. The molecule has 9 nitrogen and oxygen atoms in total. The Balaban J connectivity index is 1.45. The van der Waals surface area contributed by atoms with Crippen LogP contribution in [0.4, 0.5) is 11.4 Å². The van der Waals surface area contributed by atoms with Gasteiger partial charge in [0.05, 0.1) is 28.6 Å². The van der Waals surface area contributed by atoms with Gasteiger partial charge in [-0.15, -0.1) is 0 Å². The van der Waals surface area contributed by atoms with Crippen LogP contribution in [-0.4, -0.2) is 40.1 Å². The fraction of sp³-hybridized carbons (Fsp3) is 0.400. The van der Waals surface area contributed by atoms with Crippen molar-refractivity contribution in [2.24, 2.45) is 23.7 Å². The smallest absolute Gasteiger partial charge is 0.455 e. The molecule has 10 heteroatoms. The number of nitrogens with zero attached hydrogens (tertiary/aromatic N) is 2. The number of allylic oxidation sites excluding steroid dienone is 2. The highest BCUT2D eigenvalue weighted by Gasteiger charge is 2.57. The van der Waals surface area contributed by atoms with E-state index in [4.69, 9.17) is 4.65 Å². The number of nitro groups is 1. The zero-order valence-electron chi connectivity index (χ0n) is 22.8. The maximum Gasteiger partial charge on any atom is 0.455 e. The maximum atomic E-state index is 13.8. The first-order valence-electron chi connectivity index (χ1n) is 13.7. The molecule has 0 unspecified atom stereocenters. The van der Waals surface area contributed by atoms with E-state index in [1.807, 2.05) is 25.1 Å². The molecule has 0 spiro atoms. The van der Waals surface area contributed by atoms with Gasteiger partial charge in [0.1, 0.15) is 5.75 Å². The Hall–Kier alpha value is -3.76. The Bertz CT molecular complexity index is 1420. The zero-order chi connectivity index (χ0) is 28.7. The normalized spacial score (nSPS) is 25.0. The van der Waals surface area contributed by atoms with Crippen molar-refractivity contribution in [1.29, 1.82) is 0 Å². The minimum absolute atomic E-state index is 0.104. The molecule has 2 amide bonds. The zero-order valence-corrected chi connectivity index (χ0v) is 22.8. The van der Waals surface area contributed by atoms with E-state index in [-0.39, 0.29) is 47.1 Å². The minimum Gasteiger partial charge on any atom is -0.507 e. The lowest BCUT2D eigenvalue weighted by Crippen LogP contribution is -2.46. The van der Waals surface area contributed by atoms with Gasteiger partial charge in [-0.05, 0) is 62.0 Å². The van der Waals surface area contributed by atoms with Crippen LogP contribution in [-0.2, 0) is 14.2 Å². The lowest BCUT2D eigenvalue weighted by atomic mass is 9.57. The number of carbonyl (C=O) groups excluding carboxylic acids is 2. The molecule has 2 aromatic carbocycles. The van der Waals surface area contributed by atoms with Crippen molar-refractivity contribution in [1.82, 2.24) is 0 Å². The van der Waals surface area contributed by atoms with Gasteiger partial charge in [-0.3, -0.25) is 19.7 Å². The molecule has 208 valence electrons. The molecule has 2 fully saturated rings. The molecular formula is C30H33BN2O7. The van der Waals surface area contributed by atoms with Gasteiger partial charge in [0.2, 0.25) is 11.8 Å². The molecule has 3 aliphatic rings. The molecule has 2 N–H and O–H groups in total. The summed E-state index contributed by atoms with van der Waals surface area (Å²) in [5.41, 5.74) is 3.84. The molecule has 0 saturated carbocycles. The van der Waals surface area contributed by atoms with Crippen LogP contribution in [0.1, 0.15) is 45.6 Å². The fourth-order valence-corrected chi connectivity index (χ4v) is 6.56. The standard InChI is InChI=1S/C30H33BN2O7/c1-17(2)22-15-23-28(30(36)32(29(23)35)20-8-6-9-21(14-20)33(38)39)24-16-31(37)40-26(27(22)24)12-11-18(3)13-19-7-4-5-10-25(19)34/h4-10,13-14,17,23-24,26,28,34,37H,11-12,15-16H2,1-3H3/b18-13+/t23-,24+,26-,28-/m1/s1. The molecule has 2 aliphatic heterocycles. The number of amides is 2. The summed E-state index contributed by atoms with van der Waals surface area (Å²) in [6.07, 6.45) is 3.34. The average molecular weight is 544 g/mol. The van der Waals surface area contributed by atoms with Crippen LogP contribution in [0.5, 0.6) is 5.75 Å². The van der Waals surface area contributed by atoms with Gasteiger partial charge in [0.25, 0.3) is 5.69 Å². The van der Waals surface area contributed by atoms with Crippen molar-refractivity contribution < 1.29 is 29.3 Å². The molecule has 0 aromatic heterocycles. The van der Waals surface area contributed by atoms with Crippen LogP contribution in [0.2, 0.25) is 6.32 Å². The van der Waals surface area contributed by atoms with Crippen molar-refractivity contribution in [3.63, 3.8) is 0 Å². The van der Waals surface area contributed by atoms with Crippen LogP contribution < -0.4 is 4.90 Å². The third kappa shape index (κ3) is 5.09. The Morgan fingerprint density at radius 3 is 2.62 bits per heavy atom. The van der Waals surface area contributed by atoms with Gasteiger partial charge in [0, 0.05) is 17.7 Å². The van der Waals surface area contributed by atoms with E-state index < -0.39 is 30.0 Å². The monoisotopic (exact) mass is 544 g/mol. The third-order valence-corrected chi connectivity index (χ3v) is 8.38. The largest absolute Gasteiger partial charge is 0.507 e. The maximum absolute atomic E-state index is 13.8. The van der Waals surface area contributed by atoms with E-state index in [2.05, 4.69) is 13.8 Å². The molecule has 1 aliphatic carbocycles. The van der Waals surface area contributed by atoms with E-state index >= 15 is 0 Å². The lowest BCUT2D eigenvalue weighted by molar-refractivity contribution is -0.384. The number of hydrogen-bond acceptors (Lipinski definition) is 7. The Kier molecular flexibility index (Phi) is 7.66. The number of aromatic hydroxyl groups is 1. The average Bonchev–Trinajstić information content (AvgIpc) is 3.17. The second-order valence-corrected chi connectivity index (χ2v) is 11.3. The summed E-state index contributed by atoms with van der Waals surface area (Å²) in [5.74, 6) is -2.06. The Labute approximate surface area is 233 Å². The quantitative estimate of drug-likeness (QED) is 0.162. The summed E-state index contributed by atoms with van der Waals surface area (Å²) in [6, 6.07) is 12.7. The van der Waals surface area contributed by atoms with Crippen LogP contribution in [0.15, 0.2) is 65.3 Å². The first-order valence-corrected chi connectivity index (χ1v) is 13.7. The predicted octanol–water partition coefficient (Wildman–Crippen LogP) is 5.14. The molecule has 4 atom stereocenters. The number of carbonyl (C=O) groups is 2. The molecule has 0 radical (unpaired) electrons. The van der Waals surface area contributed by atoms with Gasteiger partial charge in [-0.1, -0.05) is 55.3 Å². The van der Waals surface area contributed by atoms with Crippen LogP contribution in [0.25, 0.3) is 6.08 Å².